The van der Waals surface area contributed by atoms with Crippen molar-refractivity contribution in [3.05, 3.63) is 35.4 Å². The van der Waals surface area contributed by atoms with E-state index < -0.39 is 23.6 Å². The van der Waals surface area contributed by atoms with Crippen LogP contribution >= 0.6 is 12.2 Å². The minimum atomic E-state index is -4.47. The Balaban J connectivity index is 2.33. The van der Waals surface area contributed by atoms with Gasteiger partial charge < -0.3 is 10.6 Å². The van der Waals surface area contributed by atoms with Gasteiger partial charge in [-0.1, -0.05) is 13.8 Å². The van der Waals surface area contributed by atoms with Crippen LogP contribution in [0.15, 0.2) is 24.3 Å². The lowest BCUT2D eigenvalue weighted by atomic mass is 10.1. The van der Waals surface area contributed by atoms with Crippen LogP contribution in [-0.2, 0) is 11.0 Å². The van der Waals surface area contributed by atoms with Gasteiger partial charge in [-0.3, -0.25) is 20.4 Å². The molecule has 0 aliphatic carbocycles. The topological polar surface area (TPSA) is 82.3 Å². The molecular formula is C16H21F3N4O2S. The SMILES string of the molecule is CC(C)CCNC(=S)NNC(=O)CNC(=O)c1ccc(C(F)(F)F)cc1. The highest BCUT2D eigenvalue weighted by Crippen LogP contribution is 2.28. The van der Waals surface area contributed by atoms with Crippen LogP contribution in [0.3, 0.4) is 0 Å². The summed E-state index contributed by atoms with van der Waals surface area (Å²) in [5.41, 5.74) is 3.95. The van der Waals surface area contributed by atoms with Gasteiger partial charge in [0.1, 0.15) is 0 Å². The van der Waals surface area contributed by atoms with Gasteiger partial charge in [0.05, 0.1) is 12.1 Å². The van der Waals surface area contributed by atoms with E-state index >= 15 is 0 Å². The third kappa shape index (κ3) is 8.15. The number of hydrogen-bond acceptors (Lipinski definition) is 3. The fraction of sp³-hybridized carbons (Fsp3) is 0.438. The van der Waals surface area contributed by atoms with Crippen LogP contribution in [0.25, 0.3) is 0 Å². The Morgan fingerprint density at radius 2 is 1.69 bits per heavy atom. The summed E-state index contributed by atoms with van der Waals surface area (Å²) >= 11 is 4.96. The average Bonchev–Trinajstić information content (AvgIpc) is 2.56. The van der Waals surface area contributed by atoms with Gasteiger partial charge in [0.15, 0.2) is 5.11 Å². The Hall–Kier alpha value is -2.36. The first-order valence-corrected chi connectivity index (χ1v) is 8.28. The second kappa shape index (κ2) is 9.95. The smallest absolute Gasteiger partial charge is 0.361 e. The number of alkyl halides is 3. The number of hydrazine groups is 1. The quantitative estimate of drug-likeness (QED) is 0.441. The summed E-state index contributed by atoms with van der Waals surface area (Å²) < 4.78 is 37.4. The maximum absolute atomic E-state index is 12.5. The molecule has 2 amide bonds. The summed E-state index contributed by atoms with van der Waals surface area (Å²) in [6.45, 7) is 4.43. The van der Waals surface area contributed by atoms with Crippen LogP contribution in [0.2, 0.25) is 0 Å². The van der Waals surface area contributed by atoms with Crippen molar-refractivity contribution < 1.29 is 22.8 Å². The van der Waals surface area contributed by atoms with Crippen LogP contribution in [0, 0.1) is 5.92 Å². The first kappa shape index (κ1) is 21.7. The summed E-state index contributed by atoms with van der Waals surface area (Å²) in [5.74, 6) is -0.704. The average molecular weight is 390 g/mol. The largest absolute Gasteiger partial charge is 0.416 e. The third-order valence-corrected chi connectivity index (χ3v) is 3.45. The summed E-state index contributed by atoms with van der Waals surface area (Å²) in [5, 5.41) is 5.45. The van der Waals surface area contributed by atoms with Gasteiger partial charge in [0.25, 0.3) is 11.8 Å². The van der Waals surface area contributed by atoms with E-state index in [1.807, 2.05) is 0 Å². The van der Waals surface area contributed by atoms with Crippen molar-refractivity contribution in [3.8, 4) is 0 Å². The standard InChI is InChI=1S/C16H21F3N4O2S/c1-10(2)7-8-20-15(26)23-22-13(24)9-21-14(25)11-3-5-12(6-4-11)16(17,18)19/h3-6,10H,7-9H2,1-2H3,(H,21,25)(H,22,24)(H2,20,23,26). The fourth-order valence-corrected chi connectivity index (χ4v) is 1.92. The summed E-state index contributed by atoms with van der Waals surface area (Å²) in [6, 6.07) is 3.69. The monoisotopic (exact) mass is 390 g/mol. The van der Waals surface area contributed by atoms with Crippen molar-refractivity contribution in [2.75, 3.05) is 13.1 Å². The Morgan fingerprint density at radius 3 is 2.23 bits per heavy atom. The van der Waals surface area contributed by atoms with Gasteiger partial charge in [-0.15, -0.1) is 0 Å². The molecule has 0 aromatic heterocycles. The molecule has 0 unspecified atom stereocenters. The van der Waals surface area contributed by atoms with Crippen molar-refractivity contribution >= 4 is 29.1 Å². The molecule has 0 heterocycles. The number of thiocarbonyl (C=S) groups is 1. The van der Waals surface area contributed by atoms with Crippen molar-refractivity contribution in [2.45, 2.75) is 26.4 Å². The summed E-state index contributed by atoms with van der Waals surface area (Å²) in [7, 11) is 0. The zero-order valence-electron chi connectivity index (χ0n) is 14.4. The van der Waals surface area contributed by atoms with Crippen LogP contribution in [0.4, 0.5) is 13.2 Å². The molecule has 0 radical (unpaired) electrons. The number of rotatable bonds is 6. The lowest BCUT2D eigenvalue weighted by Crippen LogP contribution is -2.49. The molecule has 1 rings (SSSR count). The van der Waals surface area contributed by atoms with E-state index in [1.165, 1.54) is 0 Å². The molecule has 10 heteroatoms. The number of hydrogen-bond donors (Lipinski definition) is 4. The zero-order valence-corrected chi connectivity index (χ0v) is 15.2. The van der Waals surface area contributed by atoms with E-state index in [0.29, 0.717) is 12.5 Å². The molecule has 26 heavy (non-hydrogen) atoms. The van der Waals surface area contributed by atoms with Crippen molar-refractivity contribution in [1.82, 2.24) is 21.5 Å². The molecular weight excluding hydrogens is 369 g/mol. The Labute approximate surface area is 154 Å². The first-order valence-electron chi connectivity index (χ1n) is 7.87. The Bertz CT molecular complexity index is 633. The molecule has 6 nitrogen and oxygen atoms in total. The number of benzene rings is 1. The van der Waals surface area contributed by atoms with Gasteiger partial charge in [-0.2, -0.15) is 13.2 Å². The highest BCUT2D eigenvalue weighted by Gasteiger charge is 2.30. The Kier molecular flexibility index (Phi) is 8.30. The zero-order chi connectivity index (χ0) is 19.7. The maximum atomic E-state index is 12.5. The van der Waals surface area contributed by atoms with Crippen molar-refractivity contribution in [3.63, 3.8) is 0 Å². The third-order valence-electron chi connectivity index (χ3n) is 3.21. The van der Waals surface area contributed by atoms with E-state index in [9.17, 15) is 22.8 Å². The first-order chi connectivity index (χ1) is 12.1. The minimum Gasteiger partial charge on any atom is -0.361 e. The predicted molar refractivity (Wildman–Crippen MR) is 95.1 cm³/mol. The highest BCUT2D eigenvalue weighted by molar-refractivity contribution is 7.80. The van der Waals surface area contributed by atoms with E-state index in [1.54, 1.807) is 0 Å². The predicted octanol–water partition coefficient (Wildman–Crippen LogP) is 1.98. The molecule has 0 spiro atoms. The number of nitrogens with one attached hydrogen (secondary N) is 4. The molecule has 1 aromatic rings. The van der Waals surface area contributed by atoms with Crippen LogP contribution in [0.1, 0.15) is 36.2 Å². The molecule has 0 saturated carbocycles. The second-order valence-electron chi connectivity index (χ2n) is 5.87. The second-order valence-corrected chi connectivity index (χ2v) is 6.28. The minimum absolute atomic E-state index is 0.0182. The molecule has 0 aliphatic heterocycles. The van der Waals surface area contributed by atoms with Gasteiger partial charge in [0, 0.05) is 12.1 Å². The van der Waals surface area contributed by atoms with Crippen molar-refractivity contribution in [1.29, 1.82) is 0 Å². The molecule has 4 N–H and O–H groups in total. The van der Waals surface area contributed by atoms with E-state index in [0.717, 1.165) is 30.7 Å². The molecule has 0 bridgehead atoms. The van der Waals surface area contributed by atoms with Crippen LogP contribution in [0.5, 0.6) is 0 Å². The fourth-order valence-electron chi connectivity index (χ4n) is 1.76. The van der Waals surface area contributed by atoms with Gasteiger partial charge in [0.2, 0.25) is 0 Å². The lowest BCUT2D eigenvalue weighted by molar-refractivity contribution is -0.137. The molecule has 0 aliphatic rings. The van der Waals surface area contributed by atoms with E-state index in [4.69, 9.17) is 12.2 Å². The molecule has 0 atom stereocenters. The van der Waals surface area contributed by atoms with Gasteiger partial charge >= 0.3 is 6.18 Å². The Morgan fingerprint density at radius 1 is 1.08 bits per heavy atom. The van der Waals surface area contributed by atoms with E-state index in [2.05, 4.69) is 35.3 Å². The lowest BCUT2D eigenvalue weighted by Gasteiger charge is -2.13. The van der Waals surface area contributed by atoms with Crippen molar-refractivity contribution in [2.24, 2.45) is 5.92 Å². The molecule has 0 fully saturated rings. The summed E-state index contributed by atoms with van der Waals surface area (Å²) in [4.78, 5) is 23.4. The number of amides is 2. The highest BCUT2D eigenvalue weighted by atomic mass is 32.1. The van der Waals surface area contributed by atoms with Crippen LogP contribution < -0.4 is 21.5 Å². The van der Waals surface area contributed by atoms with E-state index in [-0.39, 0.29) is 17.2 Å². The maximum Gasteiger partial charge on any atom is 0.416 e. The molecule has 144 valence electrons. The number of carbonyl (C=O) groups excluding carboxylic acids is 2. The summed E-state index contributed by atoms with van der Waals surface area (Å²) in [6.07, 6.45) is -3.55. The molecule has 1 aromatic carbocycles. The van der Waals surface area contributed by atoms with Gasteiger partial charge in [-0.25, -0.2) is 0 Å². The van der Waals surface area contributed by atoms with Crippen LogP contribution in [-0.4, -0.2) is 30.0 Å². The normalized spacial score (nSPS) is 11.0. The van der Waals surface area contributed by atoms with Gasteiger partial charge in [-0.05, 0) is 48.8 Å². The molecule has 0 saturated heterocycles. The number of carbonyl (C=O) groups is 2. The number of halogens is 3.